The molecule has 0 spiro atoms. The number of urea groups is 1. The maximum atomic E-state index is 13.3. The van der Waals surface area contributed by atoms with Crippen LogP contribution in [0, 0.1) is 11.7 Å². The fourth-order valence-corrected chi connectivity index (χ4v) is 2.86. The second kappa shape index (κ2) is 8.87. The Morgan fingerprint density at radius 3 is 2.75 bits per heavy atom. The van der Waals surface area contributed by atoms with Crippen molar-refractivity contribution in [1.82, 2.24) is 10.6 Å². The quantitative estimate of drug-likeness (QED) is 0.747. The van der Waals surface area contributed by atoms with Crippen LogP contribution in [0.2, 0.25) is 0 Å². The molecule has 2 atom stereocenters. The number of piperidine rings is 1. The lowest BCUT2D eigenvalue weighted by molar-refractivity contribution is 0.114. The summed E-state index contributed by atoms with van der Waals surface area (Å²) in [7, 11) is 0. The van der Waals surface area contributed by atoms with Crippen molar-refractivity contribution in [3.05, 3.63) is 30.1 Å². The molecule has 0 aromatic heterocycles. The molecular formula is C18H28FN3O2. The Labute approximate surface area is 143 Å². The predicted octanol–water partition coefficient (Wildman–Crippen LogP) is 2.50. The summed E-state index contributed by atoms with van der Waals surface area (Å²) in [6, 6.07) is 6.47. The molecule has 2 rings (SSSR count). The highest BCUT2D eigenvalue weighted by Crippen LogP contribution is 2.20. The lowest BCUT2D eigenvalue weighted by Crippen LogP contribution is -2.49. The molecule has 1 aromatic rings. The van der Waals surface area contributed by atoms with Crippen molar-refractivity contribution in [2.75, 3.05) is 24.5 Å². The highest BCUT2D eigenvalue weighted by atomic mass is 19.1. The van der Waals surface area contributed by atoms with Gasteiger partial charge in [0.1, 0.15) is 5.82 Å². The number of carbonyl (C=O) groups is 1. The van der Waals surface area contributed by atoms with Gasteiger partial charge in [-0.05, 0) is 37.0 Å². The molecule has 1 heterocycles. The molecule has 1 aliphatic rings. The summed E-state index contributed by atoms with van der Waals surface area (Å²) in [5.74, 6) is -0.0631. The number of hydrogen-bond acceptors (Lipinski definition) is 3. The summed E-state index contributed by atoms with van der Waals surface area (Å²) in [5.41, 5.74) is 0.884. The fraction of sp³-hybridized carbons (Fsp3) is 0.611. The van der Waals surface area contributed by atoms with E-state index in [9.17, 15) is 14.3 Å². The van der Waals surface area contributed by atoms with Crippen LogP contribution in [-0.4, -0.2) is 42.9 Å². The summed E-state index contributed by atoms with van der Waals surface area (Å²) < 4.78 is 13.3. The number of aliphatic hydroxyl groups excluding tert-OH is 1. The van der Waals surface area contributed by atoms with Gasteiger partial charge in [0.25, 0.3) is 0 Å². The van der Waals surface area contributed by atoms with Gasteiger partial charge in [-0.2, -0.15) is 0 Å². The number of benzene rings is 1. The van der Waals surface area contributed by atoms with E-state index in [0.717, 1.165) is 38.0 Å². The van der Waals surface area contributed by atoms with Crippen LogP contribution < -0.4 is 15.5 Å². The molecule has 1 saturated heterocycles. The van der Waals surface area contributed by atoms with Crippen molar-refractivity contribution < 1.29 is 14.3 Å². The molecule has 0 radical (unpaired) electrons. The van der Waals surface area contributed by atoms with E-state index >= 15 is 0 Å². The second-order valence-corrected chi connectivity index (χ2v) is 6.55. The zero-order valence-corrected chi connectivity index (χ0v) is 14.5. The van der Waals surface area contributed by atoms with Crippen LogP contribution >= 0.6 is 0 Å². The number of carbonyl (C=O) groups excluding carboxylic acids is 1. The van der Waals surface area contributed by atoms with Crippen molar-refractivity contribution in [2.24, 2.45) is 5.92 Å². The van der Waals surface area contributed by atoms with Crippen LogP contribution in [0.5, 0.6) is 0 Å². The molecule has 6 heteroatoms. The summed E-state index contributed by atoms with van der Waals surface area (Å²) in [5, 5.41) is 15.6. The summed E-state index contributed by atoms with van der Waals surface area (Å²) in [6.07, 6.45) is 1.99. The van der Waals surface area contributed by atoms with Gasteiger partial charge < -0.3 is 20.6 Å². The maximum Gasteiger partial charge on any atom is 0.315 e. The van der Waals surface area contributed by atoms with Gasteiger partial charge >= 0.3 is 6.03 Å². The number of nitrogens with one attached hydrogen (secondary N) is 2. The number of halogens is 1. The number of amides is 2. The number of anilines is 1. The largest absolute Gasteiger partial charge is 0.391 e. The molecule has 3 N–H and O–H groups in total. The topological polar surface area (TPSA) is 64.6 Å². The first-order chi connectivity index (χ1) is 11.5. The van der Waals surface area contributed by atoms with Crippen molar-refractivity contribution in [2.45, 2.75) is 45.3 Å². The van der Waals surface area contributed by atoms with Crippen molar-refractivity contribution >= 4 is 11.7 Å². The van der Waals surface area contributed by atoms with Crippen molar-refractivity contribution in [3.8, 4) is 0 Å². The van der Waals surface area contributed by atoms with E-state index in [1.54, 1.807) is 6.07 Å². The van der Waals surface area contributed by atoms with Gasteiger partial charge in [0.05, 0.1) is 6.10 Å². The molecule has 5 nitrogen and oxygen atoms in total. The van der Waals surface area contributed by atoms with Gasteiger partial charge in [-0.25, -0.2) is 9.18 Å². The lowest BCUT2D eigenvalue weighted by atomic mass is 10.0. The van der Waals surface area contributed by atoms with E-state index in [1.807, 2.05) is 19.9 Å². The monoisotopic (exact) mass is 337 g/mol. The molecule has 24 heavy (non-hydrogen) atoms. The van der Waals surface area contributed by atoms with E-state index in [0.29, 0.717) is 0 Å². The van der Waals surface area contributed by atoms with Crippen LogP contribution in [0.3, 0.4) is 0 Å². The molecular weight excluding hydrogens is 309 g/mol. The number of hydrogen-bond donors (Lipinski definition) is 3. The SMILES string of the molecule is CCC(C)C(O)CNC(=O)NC1CCN(c2cccc(F)c2)CC1. The molecule has 134 valence electrons. The molecule has 0 saturated carbocycles. The van der Waals surface area contributed by atoms with Gasteiger partial charge in [-0.15, -0.1) is 0 Å². The Balaban J connectivity index is 1.72. The first kappa shape index (κ1) is 18.5. The van der Waals surface area contributed by atoms with E-state index in [-0.39, 0.29) is 30.4 Å². The van der Waals surface area contributed by atoms with E-state index in [2.05, 4.69) is 15.5 Å². The first-order valence-electron chi connectivity index (χ1n) is 8.72. The zero-order chi connectivity index (χ0) is 17.5. The average Bonchev–Trinajstić information content (AvgIpc) is 2.59. The predicted molar refractivity (Wildman–Crippen MR) is 93.6 cm³/mol. The Kier molecular flexibility index (Phi) is 6.85. The molecule has 2 unspecified atom stereocenters. The minimum absolute atomic E-state index is 0.107. The molecule has 2 amide bonds. The minimum atomic E-state index is -0.518. The van der Waals surface area contributed by atoms with E-state index < -0.39 is 6.10 Å². The van der Waals surface area contributed by atoms with Gasteiger partial charge in [0.15, 0.2) is 0 Å². The van der Waals surface area contributed by atoms with Gasteiger partial charge in [-0.1, -0.05) is 26.3 Å². The molecule has 0 bridgehead atoms. The van der Waals surface area contributed by atoms with Gasteiger partial charge in [-0.3, -0.25) is 0 Å². The van der Waals surface area contributed by atoms with E-state index in [4.69, 9.17) is 0 Å². The smallest absolute Gasteiger partial charge is 0.315 e. The molecule has 1 aromatic carbocycles. The zero-order valence-electron chi connectivity index (χ0n) is 14.5. The van der Waals surface area contributed by atoms with Crippen molar-refractivity contribution in [1.29, 1.82) is 0 Å². The Hall–Kier alpha value is -1.82. The van der Waals surface area contributed by atoms with Gasteiger partial charge in [0.2, 0.25) is 0 Å². The molecule has 0 aliphatic carbocycles. The maximum absolute atomic E-state index is 13.3. The van der Waals surface area contributed by atoms with Crippen LogP contribution in [-0.2, 0) is 0 Å². The minimum Gasteiger partial charge on any atom is -0.391 e. The number of rotatable bonds is 6. The average molecular weight is 337 g/mol. The van der Waals surface area contributed by atoms with Crippen LogP contribution in [0.1, 0.15) is 33.1 Å². The molecule has 1 fully saturated rings. The standard InChI is InChI=1S/C18H28FN3O2/c1-3-13(2)17(23)12-20-18(24)21-15-7-9-22(10-8-15)16-6-4-5-14(19)11-16/h4-6,11,13,15,17,23H,3,7-10,12H2,1-2H3,(H2,20,21,24). The fourth-order valence-electron chi connectivity index (χ4n) is 2.86. The van der Waals surface area contributed by atoms with Crippen molar-refractivity contribution in [3.63, 3.8) is 0 Å². The summed E-state index contributed by atoms with van der Waals surface area (Å²) >= 11 is 0. The third-order valence-corrected chi connectivity index (χ3v) is 4.78. The van der Waals surface area contributed by atoms with E-state index in [1.165, 1.54) is 12.1 Å². The number of aliphatic hydroxyl groups is 1. The Morgan fingerprint density at radius 2 is 2.12 bits per heavy atom. The normalized spacial score (nSPS) is 18.1. The highest BCUT2D eigenvalue weighted by molar-refractivity contribution is 5.74. The van der Waals surface area contributed by atoms with Crippen LogP contribution in [0.25, 0.3) is 0 Å². The third-order valence-electron chi connectivity index (χ3n) is 4.78. The highest BCUT2D eigenvalue weighted by Gasteiger charge is 2.21. The summed E-state index contributed by atoms with van der Waals surface area (Å²) in [6.45, 7) is 5.81. The number of nitrogens with zero attached hydrogens (tertiary/aromatic N) is 1. The van der Waals surface area contributed by atoms with Gasteiger partial charge in [0, 0.05) is 31.4 Å². The molecule has 1 aliphatic heterocycles. The Bertz CT molecular complexity index is 533. The second-order valence-electron chi connectivity index (χ2n) is 6.55. The lowest BCUT2D eigenvalue weighted by Gasteiger charge is -2.34. The third kappa shape index (κ3) is 5.37. The Morgan fingerprint density at radius 1 is 1.42 bits per heavy atom. The van der Waals surface area contributed by atoms with Crippen LogP contribution in [0.4, 0.5) is 14.9 Å². The summed E-state index contributed by atoms with van der Waals surface area (Å²) in [4.78, 5) is 14.1. The first-order valence-corrected chi connectivity index (χ1v) is 8.72. The van der Waals surface area contributed by atoms with Crippen LogP contribution in [0.15, 0.2) is 24.3 Å².